The minimum Gasteiger partial charge on any atom is -0.339 e. The van der Waals surface area contributed by atoms with Gasteiger partial charge in [0, 0.05) is 13.1 Å². The Labute approximate surface area is 181 Å². The summed E-state index contributed by atoms with van der Waals surface area (Å²) in [5.74, 6) is -0.0428. The largest absolute Gasteiger partial charge is 0.339 e. The van der Waals surface area contributed by atoms with Crippen molar-refractivity contribution in [3.63, 3.8) is 0 Å². The summed E-state index contributed by atoms with van der Waals surface area (Å²) in [5, 5.41) is 10.1. The SMILES string of the molecule is Cc1cccc(C(=O)N2CCCC2)c1NC(=O)N[C@@H](Cn1cncn1)c1ccccc1. The molecule has 2 N–H and O–H groups in total. The normalized spacial score (nSPS) is 14.3. The van der Waals surface area contributed by atoms with Crippen LogP contribution in [0.1, 0.15) is 40.4 Å². The molecule has 2 heterocycles. The molecular weight excluding hydrogens is 392 g/mol. The van der Waals surface area contributed by atoms with Gasteiger partial charge >= 0.3 is 6.03 Å². The predicted octanol–water partition coefficient (Wildman–Crippen LogP) is 3.39. The molecule has 1 aliphatic rings. The van der Waals surface area contributed by atoms with Crippen LogP contribution in [-0.4, -0.2) is 44.7 Å². The lowest BCUT2D eigenvalue weighted by Gasteiger charge is -2.22. The number of anilines is 1. The van der Waals surface area contributed by atoms with E-state index in [1.54, 1.807) is 17.1 Å². The zero-order valence-corrected chi connectivity index (χ0v) is 17.5. The third-order valence-corrected chi connectivity index (χ3v) is 5.48. The Kier molecular flexibility index (Phi) is 6.26. The van der Waals surface area contributed by atoms with Crippen LogP contribution in [0.3, 0.4) is 0 Å². The highest BCUT2D eigenvalue weighted by Crippen LogP contribution is 2.24. The van der Waals surface area contributed by atoms with E-state index in [1.165, 1.54) is 6.33 Å². The van der Waals surface area contributed by atoms with E-state index in [0.29, 0.717) is 17.8 Å². The third kappa shape index (κ3) is 4.91. The number of nitrogens with one attached hydrogen (secondary N) is 2. The summed E-state index contributed by atoms with van der Waals surface area (Å²) in [5.41, 5.74) is 2.85. The van der Waals surface area contributed by atoms with Crippen LogP contribution in [0.25, 0.3) is 0 Å². The molecule has 0 bridgehead atoms. The number of carbonyl (C=O) groups excluding carboxylic acids is 2. The first-order chi connectivity index (χ1) is 15.1. The number of likely N-dealkylation sites (tertiary alicyclic amines) is 1. The van der Waals surface area contributed by atoms with Gasteiger partial charge in [0.05, 0.1) is 23.8 Å². The molecule has 0 aliphatic carbocycles. The lowest BCUT2D eigenvalue weighted by Crippen LogP contribution is -2.36. The van der Waals surface area contributed by atoms with E-state index in [0.717, 1.165) is 37.1 Å². The number of hydrogen-bond acceptors (Lipinski definition) is 4. The van der Waals surface area contributed by atoms with Gasteiger partial charge in [-0.15, -0.1) is 0 Å². The zero-order chi connectivity index (χ0) is 21.6. The summed E-state index contributed by atoms with van der Waals surface area (Å²) in [6, 6.07) is 14.5. The van der Waals surface area contributed by atoms with E-state index in [2.05, 4.69) is 20.7 Å². The van der Waals surface area contributed by atoms with Gasteiger partial charge in [-0.2, -0.15) is 5.10 Å². The molecule has 1 aliphatic heterocycles. The average Bonchev–Trinajstić information content (AvgIpc) is 3.49. The lowest BCUT2D eigenvalue weighted by molar-refractivity contribution is 0.0793. The molecule has 8 nitrogen and oxygen atoms in total. The van der Waals surface area contributed by atoms with E-state index in [1.807, 2.05) is 54.3 Å². The molecule has 160 valence electrons. The fourth-order valence-electron chi connectivity index (χ4n) is 3.84. The quantitative estimate of drug-likeness (QED) is 0.642. The maximum atomic E-state index is 13.0. The van der Waals surface area contributed by atoms with Gasteiger partial charge in [0.25, 0.3) is 5.91 Å². The monoisotopic (exact) mass is 418 g/mol. The first kappa shape index (κ1) is 20.6. The van der Waals surface area contributed by atoms with Crippen molar-refractivity contribution < 1.29 is 9.59 Å². The maximum Gasteiger partial charge on any atom is 0.319 e. The van der Waals surface area contributed by atoms with E-state index in [9.17, 15) is 9.59 Å². The summed E-state index contributed by atoms with van der Waals surface area (Å²) in [4.78, 5) is 31.8. The molecule has 0 unspecified atom stereocenters. The van der Waals surface area contributed by atoms with E-state index in [4.69, 9.17) is 0 Å². The molecule has 31 heavy (non-hydrogen) atoms. The van der Waals surface area contributed by atoms with Crippen LogP contribution in [0.5, 0.6) is 0 Å². The van der Waals surface area contributed by atoms with Crippen LogP contribution in [-0.2, 0) is 6.54 Å². The number of carbonyl (C=O) groups is 2. The number of aryl methyl sites for hydroxylation is 1. The molecule has 0 saturated carbocycles. The Morgan fingerprint density at radius 1 is 1.06 bits per heavy atom. The lowest BCUT2D eigenvalue weighted by atomic mass is 10.1. The second-order valence-electron chi connectivity index (χ2n) is 7.68. The van der Waals surface area contributed by atoms with Crippen molar-refractivity contribution in [2.24, 2.45) is 0 Å². The van der Waals surface area contributed by atoms with Gasteiger partial charge in [0.15, 0.2) is 0 Å². The second kappa shape index (κ2) is 9.42. The third-order valence-electron chi connectivity index (χ3n) is 5.48. The van der Waals surface area contributed by atoms with Gasteiger partial charge in [-0.05, 0) is 37.0 Å². The molecule has 1 aromatic heterocycles. The number of hydrogen-bond donors (Lipinski definition) is 2. The Hall–Kier alpha value is -3.68. The van der Waals surface area contributed by atoms with Crippen molar-refractivity contribution in [3.05, 3.63) is 77.9 Å². The highest BCUT2D eigenvalue weighted by molar-refractivity contribution is 6.04. The zero-order valence-electron chi connectivity index (χ0n) is 17.5. The standard InChI is InChI=1S/C23H26N6O2/c1-17-8-7-11-19(22(30)28-12-5-6-13-28)21(17)27-23(31)26-20(14-29-16-24-15-25-29)18-9-3-2-4-10-18/h2-4,7-11,15-16,20H,5-6,12-14H2,1H3,(H2,26,27,31)/t20-/m0/s1. The molecule has 0 spiro atoms. The average molecular weight is 419 g/mol. The summed E-state index contributed by atoms with van der Waals surface area (Å²) >= 11 is 0. The van der Waals surface area contributed by atoms with Gasteiger partial charge in [0.1, 0.15) is 12.7 Å². The van der Waals surface area contributed by atoms with Crippen molar-refractivity contribution in [1.82, 2.24) is 25.0 Å². The number of urea groups is 1. The fraction of sp³-hybridized carbons (Fsp3) is 0.304. The first-order valence-electron chi connectivity index (χ1n) is 10.5. The molecule has 0 radical (unpaired) electrons. The highest BCUT2D eigenvalue weighted by Gasteiger charge is 2.24. The molecule has 1 fully saturated rings. The summed E-state index contributed by atoms with van der Waals surface area (Å²) in [6.07, 6.45) is 5.11. The van der Waals surface area contributed by atoms with Crippen LogP contribution in [0.4, 0.5) is 10.5 Å². The number of aromatic nitrogens is 3. The van der Waals surface area contributed by atoms with E-state index in [-0.39, 0.29) is 18.0 Å². The number of benzene rings is 2. The minimum absolute atomic E-state index is 0.0428. The van der Waals surface area contributed by atoms with E-state index < -0.39 is 0 Å². The second-order valence-corrected chi connectivity index (χ2v) is 7.68. The number of amides is 3. The van der Waals surface area contributed by atoms with Gasteiger partial charge in [0.2, 0.25) is 0 Å². The maximum absolute atomic E-state index is 13.0. The topological polar surface area (TPSA) is 92.2 Å². The highest BCUT2D eigenvalue weighted by atomic mass is 16.2. The number of rotatable bonds is 6. The number of para-hydroxylation sites is 1. The first-order valence-corrected chi connectivity index (χ1v) is 10.5. The Morgan fingerprint density at radius 3 is 2.55 bits per heavy atom. The molecule has 3 aromatic rings. The molecular formula is C23H26N6O2. The van der Waals surface area contributed by atoms with Gasteiger partial charge in [-0.3, -0.25) is 9.48 Å². The Bertz CT molecular complexity index is 1030. The van der Waals surface area contributed by atoms with Crippen molar-refractivity contribution in [2.45, 2.75) is 32.4 Å². The van der Waals surface area contributed by atoms with E-state index >= 15 is 0 Å². The summed E-state index contributed by atoms with van der Waals surface area (Å²) in [6.45, 7) is 3.84. The molecule has 1 saturated heterocycles. The van der Waals surface area contributed by atoms with Crippen LogP contribution in [0.15, 0.2) is 61.2 Å². The molecule has 1 atom stereocenters. The number of nitrogens with zero attached hydrogens (tertiary/aromatic N) is 4. The van der Waals surface area contributed by atoms with Crippen molar-refractivity contribution in [3.8, 4) is 0 Å². The van der Waals surface area contributed by atoms with Crippen molar-refractivity contribution >= 4 is 17.6 Å². The Balaban J connectivity index is 1.53. The van der Waals surface area contributed by atoms with Crippen LogP contribution < -0.4 is 10.6 Å². The smallest absolute Gasteiger partial charge is 0.319 e. The van der Waals surface area contributed by atoms with Gasteiger partial charge < -0.3 is 15.5 Å². The van der Waals surface area contributed by atoms with Crippen LogP contribution >= 0.6 is 0 Å². The predicted molar refractivity (Wildman–Crippen MR) is 118 cm³/mol. The molecule has 2 aromatic carbocycles. The molecule has 3 amide bonds. The minimum atomic E-state index is -0.376. The molecule has 8 heteroatoms. The van der Waals surface area contributed by atoms with Crippen LogP contribution in [0, 0.1) is 6.92 Å². The van der Waals surface area contributed by atoms with Gasteiger partial charge in [-0.1, -0.05) is 42.5 Å². The summed E-state index contributed by atoms with van der Waals surface area (Å²) in [7, 11) is 0. The van der Waals surface area contributed by atoms with Crippen LogP contribution in [0.2, 0.25) is 0 Å². The Morgan fingerprint density at radius 2 is 1.84 bits per heavy atom. The fourth-order valence-corrected chi connectivity index (χ4v) is 3.84. The van der Waals surface area contributed by atoms with Crippen molar-refractivity contribution in [1.29, 1.82) is 0 Å². The summed E-state index contributed by atoms with van der Waals surface area (Å²) < 4.78 is 1.67. The molecule has 4 rings (SSSR count). The van der Waals surface area contributed by atoms with Crippen molar-refractivity contribution in [2.75, 3.05) is 18.4 Å². The van der Waals surface area contributed by atoms with Gasteiger partial charge in [-0.25, -0.2) is 9.78 Å².